The highest BCUT2D eigenvalue weighted by Crippen LogP contribution is 2.37. The predicted octanol–water partition coefficient (Wildman–Crippen LogP) is 4.10. The van der Waals surface area contributed by atoms with Crippen molar-refractivity contribution < 1.29 is 0 Å². The summed E-state index contributed by atoms with van der Waals surface area (Å²) in [6.07, 6.45) is 6.01. The number of hydrogen-bond donors (Lipinski definition) is 0. The van der Waals surface area contributed by atoms with E-state index in [9.17, 15) is 0 Å². The SMILES string of the molecule is CC(C)C(CC1CCC1)C(C)C. The van der Waals surface area contributed by atoms with Crippen LogP contribution in [0.4, 0.5) is 0 Å². The van der Waals surface area contributed by atoms with Gasteiger partial charge in [0.05, 0.1) is 0 Å². The fraction of sp³-hybridized carbons (Fsp3) is 1.00. The van der Waals surface area contributed by atoms with E-state index in [2.05, 4.69) is 27.7 Å². The molecule has 0 spiro atoms. The fourth-order valence-electron chi connectivity index (χ4n) is 2.43. The third-order valence-electron chi connectivity index (χ3n) is 3.54. The Morgan fingerprint density at radius 3 is 1.75 bits per heavy atom. The Balaban J connectivity index is 2.31. The molecule has 0 atom stereocenters. The highest BCUT2D eigenvalue weighted by atomic mass is 14.3. The first-order valence-electron chi connectivity index (χ1n) is 5.61. The first-order valence-corrected chi connectivity index (χ1v) is 5.61. The van der Waals surface area contributed by atoms with Gasteiger partial charge in [-0.1, -0.05) is 47.0 Å². The maximum absolute atomic E-state index is 2.38. The van der Waals surface area contributed by atoms with Gasteiger partial charge in [-0.2, -0.15) is 0 Å². The normalized spacial score (nSPS) is 19.2. The van der Waals surface area contributed by atoms with E-state index in [-0.39, 0.29) is 0 Å². The molecule has 0 bridgehead atoms. The lowest BCUT2D eigenvalue weighted by molar-refractivity contribution is 0.177. The number of hydrogen-bond acceptors (Lipinski definition) is 0. The smallest absolute Gasteiger partial charge is 0.0365 e. The molecule has 0 saturated heterocycles. The molecule has 1 rings (SSSR count). The van der Waals surface area contributed by atoms with Crippen molar-refractivity contribution >= 4 is 0 Å². The molecule has 1 aliphatic rings. The van der Waals surface area contributed by atoms with Gasteiger partial charge in [0.15, 0.2) is 0 Å². The molecule has 1 fully saturated rings. The van der Waals surface area contributed by atoms with Crippen LogP contribution < -0.4 is 0 Å². The Hall–Kier alpha value is 0. The van der Waals surface area contributed by atoms with Crippen LogP contribution >= 0.6 is 0 Å². The second-order valence-electron chi connectivity index (χ2n) is 5.18. The van der Waals surface area contributed by atoms with E-state index in [4.69, 9.17) is 0 Å². The Kier molecular flexibility index (Phi) is 3.61. The molecule has 0 nitrogen and oxygen atoms in total. The van der Waals surface area contributed by atoms with Gasteiger partial charge in [0.2, 0.25) is 0 Å². The van der Waals surface area contributed by atoms with Gasteiger partial charge >= 0.3 is 0 Å². The molecule has 0 aliphatic heterocycles. The maximum atomic E-state index is 2.38. The molecule has 72 valence electrons. The second-order valence-corrected chi connectivity index (χ2v) is 5.18. The highest BCUT2D eigenvalue weighted by Gasteiger charge is 2.25. The topological polar surface area (TPSA) is 0 Å². The zero-order valence-electron chi connectivity index (χ0n) is 9.14. The standard InChI is InChI=1S/C12H24/c1-9(2)12(10(3)4)8-11-6-5-7-11/h9-12H,5-8H2,1-4H3. The van der Waals surface area contributed by atoms with Crippen LogP contribution in [0.3, 0.4) is 0 Å². The van der Waals surface area contributed by atoms with Gasteiger partial charge in [-0.25, -0.2) is 0 Å². The minimum Gasteiger partial charge on any atom is -0.0625 e. The molecule has 0 unspecified atom stereocenters. The van der Waals surface area contributed by atoms with Gasteiger partial charge in [0, 0.05) is 0 Å². The molecule has 0 N–H and O–H groups in total. The minimum absolute atomic E-state index is 0.880. The summed E-state index contributed by atoms with van der Waals surface area (Å²) >= 11 is 0. The lowest BCUT2D eigenvalue weighted by Crippen LogP contribution is -2.23. The van der Waals surface area contributed by atoms with Gasteiger partial charge in [0.1, 0.15) is 0 Å². The van der Waals surface area contributed by atoms with Crippen LogP contribution in [-0.2, 0) is 0 Å². The van der Waals surface area contributed by atoms with Crippen LogP contribution in [0.2, 0.25) is 0 Å². The van der Waals surface area contributed by atoms with Gasteiger partial charge in [-0.15, -0.1) is 0 Å². The second kappa shape index (κ2) is 4.30. The first kappa shape index (κ1) is 10.1. The van der Waals surface area contributed by atoms with Crippen LogP contribution in [-0.4, -0.2) is 0 Å². The number of rotatable bonds is 4. The zero-order chi connectivity index (χ0) is 9.14. The Labute approximate surface area is 77.7 Å². The summed E-state index contributed by atoms with van der Waals surface area (Å²) < 4.78 is 0. The van der Waals surface area contributed by atoms with Crippen molar-refractivity contribution in [3.63, 3.8) is 0 Å². The summed E-state index contributed by atoms with van der Waals surface area (Å²) in [5.74, 6) is 3.81. The third-order valence-corrected chi connectivity index (χ3v) is 3.54. The molecule has 0 amide bonds. The minimum atomic E-state index is 0.880. The molecule has 0 aromatic rings. The first-order chi connectivity index (χ1) is 5.61. The summed E-state index contributed by atoms with van der Waals surface area (Å²) in [4.78, 5) is 0. The van der Waals surface area contributed by atoms with Crippen molar-refractivity contribution in [2.24, 2.45) is 23.7 Å². The summed E-state index contributed by atoms with van der Waals surface area (Å²) in [7, 11) is 0. The van der Waals surface area contributed by atoms with E-state index in [0.717, 1.165) is 23.7 Å². The van der Waals surface area contributed by atoms with Crippen LogP contribution in [0.25, 0.3) is 0 Å². The highest BCUT2D eigenvalue weighted by molar-refractivity contribution is 4.76. The summed E-state index contributed by atoms with van der Waals surface area (Å²) in [5.41, 5.74) is 0. The van der Waals surface area contributed by atoms with E-state index in [0.29, 0.717) is 0 Å². The Morgan fingerprint density at radius 2 is 1.50 bits per heavy atom. The van der Waals surface area contributed by atoms with Gasteiger partial charge in [-0.3, -0.25) is 0 Å². The monoisotopic (exact) mass is 168 g/mol. The van der Waals surface area contributed by atoms with Crippen molar-refractivity contribution in [1.82, 2.24) is 0 Å². The Bertz CT molecular complexity index is 112. The molecule has 0 aromatic heterocycles. The molecule has 0 aromatic carbocycles. The molecular weight excluding hydrogens is 144 g/mol. The van der Waals surface area contributed by atoms with Gasteiger partial charge in [0.25, 0.3) is 0 Å². The van der Waals surface area contributed by atoms with E-state index in [1.165, 1.54) is 25.7 Å². The zero-order valence-corrected chi connectivity index (χ0v) is 9.14. The summed E-state index contributed by atoms with van der Waals surface area (Å²) in [6, 6.07) is 0. The summed E-state index contributed by atoms with van der Waals surface area (Å²) in [5, 5.41) is 0. The molecule has 0 radical (unpaired) electrons. The molecule has 1 aliphatic carbocycles. The lowest BCUT2D eigenvalue weighted by atomic mass is 9.72. The van der Waals surface area contributed by atoms with E-state index < -0.39 is 0 Å². The lowest BCUT2D eigenvalue weighted by Gasteiger charge is -2.33. The molecule has 12 heavy (non-hydrogen) atoms. The van der Waals surface area contributed by atoms with Crippen LogP contribution in [0, 0.1) is 23.7 Å². The fourth-order valence-corrected chi connectivity index (χ4v) is 2.43. The van der Waals surface area contributed by atoms with Crippen LogP contribution in [0.15, 0.2) is 0 Å². The predicted molar refractivity (Wildman–Crippen MR) is 55.1 cm³/mol. The maximum Gasteiger partial charge on any atom is -0.0365 e. The van der Waals surface area contributed by atoms with Crippen molar-refractivity contribution in [2.75, 3.05) is 0 Å². The van der Waals surface area contributed by atoms with E-state index >= 15 is 0 Å². The quantitative estimate of drug-likeness (QED) is 0.592. The van der Waals surface area contributed by atoms with Crippen molar-refractivity contribution in [3.8, 4) is 0 Å². The van der Waals surface area contributed by atoms with Crippen molar-refractivity contribution in [3.05, 3.63) is 0 Å². The van der Waals surface area contributed by atoms with Crippen LogP contribution in [0.5, 0.6) is 0 Å². The average Bonchev–Trinajstić information content (AvgIpc) is 1.82. The van der Waals surface area contributed by atoms with E-state index in [1.54, 1.807) is 0 Å². The molecule has 1 saturated carbocycles. The van der Waals surface area contributed by atoms with Gasteiger partial charge < -0.3 is 0 Å². The third kappa shape index (κ3) is 2.50. The van der Waals surface area contributed by atoms with Gasteiger partial charge in [-0.05, 0) is 30.1 Å². The van der Waals surface area contributed by atoms with Crippen LogP contribution in [0.1, 0.15) is 53.4 Å². The van der Waals surface area contributed by atoms with E-state index in [1.807, 2.05) is 0 Å². The largest absolute Gasteiger partial charge is 0.0625 e. The average molecular weight is 168 g/mol. The van der Waals surface area contributed by atoms with Crippen molar-refractivity contribution in [1.29, 1.82) is 0 Å². The van der Waals surface area contributed by atoms with Crippen molar-refractivity contribution in [2.45, 2.75) is 53.4 Å². The molecular formula is C12H24. The summed E-state index contributed by atoms with van der Waals surface area (Å²) in [6.45, 7) is 9.51. The Morgan fingerprint density at radius 1 is 1.00 bits per heavy atom. The molecule has 0 heterocycles. The molecule has 0 heteroatoms.